The quantitative estimate of drug-likeness (QED) is 0.406. The van der Waals surface area contributed by atoms with Gasteiger partial charge in [-0.2, -0.15) is 4.98 Å². The van der Waals surface area contributed by atoms with Crippen LogP contribution in [0.2, 0.25) is 0 Å². The highest BCUT2D eigenvalue weighted by molar-refractivity contribution is 7.89. The highest BCUT2D eigenvalue weighted by atomic mass is 35.5. The lowest BCUT2D eigenvalue weighted by Gasteiger charge is -2.04. The van der Waals surface area contributed by atoms with Crippen LogP contribution < -0.4 is 22.9 Å². The van der Waals surface area contributed by atoms with Gasteiger partial charge in [0, 0.05) is 18.2 Å². The summed E-state index contributed by atoms with van der Waals surface area (Å²) in [6.45, 7) is 2.77. The largest absolute Gasteiger partial charge is 1.00 e. The molecule has 29 heavy (non-hydrogen) atoms. The number of para-hydroxylation sites is 1. The molecule has 4 aromatic rings. The molecular weight excluding hydrogens is 412 g/mol. The fourth-order valence-corrected chi connectivity index (χ4v) is 3.69. The number of halogens is 1. The van der Waals surface area contributed by atoms with Gasteiger partial charge in [0.25, 0.3) is 5.82 Å². The molecule has 2 heterocycles. The van der Waals surface area contributed by atoms with Gasteiger partial charge in [-0.15, -0.1) is 0 Å². The Kier molecular flexibility index (Phi) is 6.18. The number of sulfonamides is 1. The van der Waals surface area contributed by atoms with E-state index in [2.05, 4.69) is 9.97 Å². The number of aromatic nitrogens is 2. The van der Waals surface area contributed by atoms with Gasteiger partial charge >= 0.3 is 0 Å². The number of quaternary nitrogens is 1. The molecule has 0 saturated heterocycles. The van der Waals surface area contributed by atoms with Crippen molar-refractivity contribution < 1.29 is 30.6 Å². The first kappa shape index (κ1) is 21.2. The third-order valence-corrected chi connectivity index (χ3v) is 5.56. The normalized spacial score (nSPS) is 11.7. The number of nitrogens with two attached hydrogens (primary N) is 2. The molecule has 9 heteroatoms. The summed E-state index contributed by atoms with van der Waals surface area (Å²) in [7, 11) is -3.67. The third kappa shape index (κ3) is 4.40. The van der Waals surface area contributed by atoms with Gasteiger partial charge in [-0.1, -0.05) is 31.2 Å². The molecule has 4 rings (SSSR count). The van der Waals surface area contributed by atoms with Crippen molar-refractivity contribution in [2.75, 3.05) is 6.54 Å². The predicted octanol–water partition coefficient (Wildman–Crippen LogP) is -0.973. The van der Waals surface area contributed by atoms with Crippen molar-refractivity contribution in [3.63, 3.8) is 0 Å². The molecule has 4 N–H and O–H groups in total. The van der Waals surface area contributed by atoms with Gasteiger partial charge < -0.3 is 16.8 Å². The fraction of sp³-hybridized carbons (Fsp3) is 0.200. The van der Waals surface area contributed by atoms with Crippen molar-refractivity contribution in [1.29, 1.82) is 0 Å². The second kappa shape index (κ2) is 8.46. The monoisotopic (exact) mass is 432 g/mol. The maximum atomic E-state index is 11.3. The zero-order valence-electron chi connectivity index (χ0n) is 15.8. The Labute approximate surface area is 174 Å². The molecule has 7 nitrogen and oxygen atoms in total. The van der Waals surface area contributed by atoms with Crippen molar-refractivity contribution in [3.05, 3.63) is 59.9 Å². The Morgan fingerprint density at radius 3 is 2.48 bits per heavy atom. The van der Waals surface area contributed by atoms with Gasteiger partial charge in [-0.05, 0) is 29.8 Å². The maximum absolute atomic E-state index is 11.3. The lowest BCUT2D eigenvalue weighted by molar-refractivity contribution is -0.573. The second-order valence-electron chi connectivity index (χ2n) is 6.59. The number of primary sulfonamides is 1. The van der Waals surface area contributed by atoms with Crippen LogP contribution in [0, 0.1) is 0 Å². The van der Waals surface area contributed by atoms with E-state index in [1.807, 2.05) is 36.5 Å². The Morgan fingerprint density at radius 1 is 1.07 bits per heavy atom. The standard InChI is InChI=1S/C20H20N4O3S.ClH/c1-2-17-23-18-15-5-3-4-6-16(15)27-19(18)20(24-17)22-12-11-13-7-9-14(10-8-13)28(21,25)26;/h3-10H,2,11-12H2,1H3,(H2,21,25,26)(H,22,23,24);1H. The van der Waals surface area contributed by atoms with Crippen molar-refractivity contribution in [2.24, 2.45) is 5.14 Å². The minimum Gasteiger partial charge on any atom is -1.00 e. The van der Waals surface area contributed by atoms with E-state index in [0.29, 0.717) is 5.58 Å². The SMILES string of the molecule is CCc1nc([NH2+]CCc2ccc(S(N)(=O)=O)cc2)c2oc3ccccc3c2n1.[Cl-]. The molecular formula is C20H21ClN4O3S. The fourth-order valence-electron chi connectivity index (χ4n) is 3.18. The van der Waals surface area contributed by atoms with E-state index in [1.54, 1.807) is 12.1 Å². The number of hydrogen-bond acceptors (Lipinski definition) is 5. The molecule has 0 aliphatic heterocycles. The van der Waals surface area contributed by atoms with Gasteiger partial charge in [0.2, 0.25) is 15.6 Å². The van der Waals surface area contributed by atoms with Crippen molar-refractivity contribution >= 4 is 37.9 Å². The van der Waals surface area contributed by atoms with Crippen LogP contribution in [0.4, 0.5) is 5.82 Å². The molecule has 0 bridgehead atoms. The van der Waals surface area contributed by atoms with E-state index in [4.69, 9.17) is 9.56 Å². The molecule has 0 radical (unpaired) electrons. The summed E-state index contributed by atoms with van der Waals surface area (Å²) in [6, 6.07) is 14.5. The average molecular weight is 433 g/mol. The van der Waals surface area contributed by atoms with Crippen LogP contribution in [-0.2, 0) is 22.9 Å². The summed E-state index contributed by atoms with van der Waals surface area (Å²) in [4.78, 5) is 9.40. The molecule has 0 saturated carbocycles. The first-order valence-electron chi connectivity index (χ1n) is 9.09. The van der Waals surface area contributed by atoms with Gasteiger partial charge in [0.05, 0.1) is 11.4 Å². The van der Waals surface area contributed by atoms with Crippen LogP contribution >= 0.6 is 0 Å². The number of hydrogen-bond donors (Lipinski definition) is 2. The highest BCUT2D eigenvalue weighted by Gasteiger charge is 2.17. The average Bonchev–Trinajstić information content (AvgIpc) is 3.06. The van der Waals surface area contributed by atoms with Crippen LogP contribution in [0.25, 0.3) is 22.1 Å². The van der Waals surface area contributed by atoms with E-state index in [9.17, 15) is 8.42 Å². The summed E-state index contributed by atoms with van der Waals surface area (Å²) in [6.07, 6.45) is 1.49. The highest BCUT2D eigenvalue weighted by Crippen LogP contribution is 2.29. The number of nitrogens with zero attached hydrogens (tertiary/aromatic N) is 2. The minimum atomic E-state index is -3.67. The summed E-state index contributed by atoms with van der Waals surface area (Å²) in [5.74, 6) is 1.57. The third-order valence-electron chi connectivity index (χ3n) is 4.63. The topological polar surface area (TPSA) is 116 Å². The predicted molar refractivity (Wildman–Crippen MR) is 107 cm³/mol. The van der Waals surface area contributed by atoms with Crippen LogP contribution in [0.3, 0.4) is 0 Å². The smallest absolute Gasteiger partial charge is 0.272 e. The van der Waals surface area contributed by atoms with E-state index in [-0.39, 0.29) is 17.3 Å². The summed E-state index contributed by atoms with van der Waals surface area (Å²) < 4.78 is 28.7. The van der Waals surface area contributed by atoms with E-state index in [1.165, 1.54) is 12.1 Å². The summed E-state index contributed by atoms with van der Waals surface area (Å²) in [5.41, 5.74) is 3.36. The van der Waals surface area contributed by atoms with Crippen LogP contribution in [-0.4, -0.2) is 24.9 Å². The van der Waals surface area contributed by atoms with Crippen LogP contribution in [0.15, 0.2) is 57.8 Å². The molecule has 0 spiro atoms. The summed E-state index contributed by atoms with van der Waals surface area (Å²) >= 11 is 0. The van der Waals surface area contributed by atoms with Gasteiger partial charge in [-0.3, -0.25) is 5.32 Å². The number of aryl methyl sites for hydroxylation is 1. The molecule has 0 unspecified atom stereocenters. The molecule has 2 aromatic carbocycles. The van der Waals surface area contributed by atoms with E-state index < -0.39 is 10.0 Å². The van der Waals surface area contributed by atoms with Crippen molar-refractivity contribution in [2.45, 2.75) is 24.7 Å². The van der Waals surface area contributed by atoms with Crippen molar-refractivity contribution in [3.8, 4) is 0 Å². The lowest BCUT2D eigenvalue weighted by atomic mass is 10.1. The number of fused-ring (bicyclic) bond motifs is 3. The van der Waals surface area contributed by atoms with Crippen molar-refractivity contribution in [1.82, 2.24) is 9.97 Å². The Balaban J connectivity index is 0.00000240. The zero-order chi connectivity index (χ0) is 19.7. The minimum absolute atomic E-state index is 0. The first-order chi connectivity index (χ1) is 13.5. The van der Waals surface area contributed by atoms with Crippen LogP contribution in [0.1, 0.15) is 18.3 Å². The summed E-state index contributed by atoms with van der Waals surface area (Å²) in [5, 5.41) is 8.17. The van der Waals surface area contributed by atoms with Gasteiger partial charge in [0.1, 0.15) is 16.9 Å². The zero-order valence-corrected chi connectivity index (χ0v) is 17.4. The van der Waals surface area contributed by atoms with E-state index in [0.717, 1.165) is 53.1 Å². The number of furan rings is 1. The number of rotatable bonds is 6. The molecule has 0 fully saturated rings. The van der Waals surface area contributed by atoms with Gasteiger partial charge in [0.15, 0.2) is 0 Å². The maximum Gasteiger partial charge on any atom is 0.272 e. The molecule has 2 aromatic heterocycles. The molecule has 152 valence electrons. The van der Waals surface area contributed by atoms with Gasteiger partial charge in [-0.25, -0.2) is 18.5 Å². The first-order valence-corrected chi connectivity index (χ1v) is 10.6. The second-order valence-corrected chi connectivity index (χ2v) is 8.15. The lowest BCUT2D eigenvalue weighted by Crippen LogP contribution is -3.00. The Bertz CT molecular complexity index is 1250. The molecule has 0 aliphatic rings. The molecule has 0 atom stereocenters. The van der Waals surface area contributed by atoms with Crippen LogP contribution in [0.5, 0.6) is 0 Å². The molecule has 0 amide bonds. The Hall–Kier alpha value is -2.52. The Morgan fingerprint density at radius 2 is 1.79 bits per heavy atom. The van der Waals surface area contributed by atoms with E-state index >= 15 is 0 Å². The molecule has 0 aliphatic carbocycles. The number of benzene rings is 2.